The molecule has 0 nitrogen and oxygen atoms in total. The Morgan fingerprint density at radius 2 is 1.39 bits per heavy atom. The second-order valence-electron chi connectivity index (χ2n) is 3.79. The molecular weight excluding hydrogens is 283 g/mol. The zero-order valence-electron chi connectivity index (χ0n) is 9.64. The van der Waals surface area contributed by atoms with E-state index in [-0.39, 0.29) is 0 Å². The molecule has 0 heterocycles. The highest BCUT2D eigenvalue weighted by atomic mass is 35.5. The van der Waals surface area contributed by atoms with Gasteiger partial charge < -0.3 is 0 Å². The van der Waals surface area contributed by atoms with Crippen LogP contribution in [0.25, 0.3) is 6.08 Å². The molecular formula is C15H12Cl2S. The lowest BCUT2D eigenvalue weighted by Gasteiger charge is -1.98. The van der Waals surface area contributed by atoms with E-state index in [1.165, 1.54) is 5.56 Å². The Balaban J connectivity index is 1.84. The smallest absolute Gasteiger partial charge is 0.0406 e. The second-order valence-corrected chi connectivity index (χ2v) is 5.56. The molecule has 0 bridgehead atoms. The lowest BCUT2D eigenvalue weighted by Crippen LogP contribution is -1.77. The summed E-state index contributed by atoms with van der Waals surface area (Å²) in [5.41, 5.74) is 2.42. The van der Waals surface area contributed by atoms with Gasteiger partial charge >= 0.3 is 0 Å². The van der Waals surface area contributed by atoms with Gasteiger partial charge in [0.15, 0.2) is 0 Å². The Morgan fingerprint density at radius 3 is 2.00 bits per heavy atom. The molecule has 2 rings (SSSR count). The normalized spacial score (nSPS) is 11.0. The van der Waals surface area contributed by atoms with Gasteiger partial charge in [0.2, 0.25) is 0 Å². The fourth-order valence-electron chi connectivity index (χ4n) is 1.43. The maximum atomic E-state index is 5.83. The van der Waals surface area contributed by atoms with Crippen molar-refractivity contribution in [2.75, 3.05) is 0 Å². The summed E-state index contributed by atoms with van der Waals surface area (Å²) in [5, 5.41) is 3.64. The summed E-state index contributed by atoms with van der Waals surface area (Å²) in [5.74, 6) is 0.946. The Bertz CT molecular complexity index is 515. The minimum Gasteiger partial charge on any atom is -0.129 e. The summed E-state index contributed by atoms with van der Waals surface area (Å²) in [7, 11) is 0. The summed E-state index contributed by atoms with van der Waals surface area (Å²) in [6.45, 7) is 0. The van der Waals surface area contributed by atoms with Gasteiger partial charge in [-0.25, -0.2) is 0 Å². The van der Waals surface area contributed by atoms with Crippen LogP contribution in [0.2, 0.25) is 10.0 Å². The minimum absolute atomic E-state index is 0.765. The highest BCUT2D eigenvalue weighted by Crippen LogP contribution is 2.18. The van der Waals surface area contributed by atoms with Gasteiger partial charge in [0.05, 0.1) is 0 Å². The van der Waals surface area contributed by atoms with E-state index in [1.807, 2.05) is 48.5 Å². The largest absolute Gasteiger partial charge is 0.129 e. The fraction of sp³-hybridized carbons (Fsp3) is 0.0667. The molecule has 0 aliphatic heterocycles. The lowest BCUT2D eigenvalue weighted by molar-refractivity contribution is 1.42. The first-order chi connectivity index (χ1) is 8.74. The fourth-order valence-corrected chi connectivity index (χ4v) is 2.41. The molecule has 3 heteroatoms. The van der Waals surface area contributed by atoms with Crippen molar-refractivity contribution in [2.45, 2.75) is 5.75 Å². The lowest BCUT2D eigenvalue weighted by atomic mass is 10.2. The molecule has 2 aromatic carbocycles. The minimum atomic E-state index is 0.765. The number of thioether (sulfide) groups is 1. The van der Waals surface area contributed by atoms with Crippen molar-refractivity contribution < 1.29 is 0 Å². The summed E-state index contributed by atoms with van der Waals surface area (Å²) in [6, 6.07) is 15.7. The van der Waals surface area contributed by atoms with Gasteiger partial charge in [-0.3, -0.25) is 0 Å². The van der Waals surface area contributed by atoms with E-state index in [0.717, 1.165) is 21.4 Å². The van der Waals surface area contributed by atoms with Crippen molar-refractivity contribution in [3.05, 3.63) is 75.1 Å². The van der Waals surface area contributed by atoms with E-state index < -0.39 is 0 Å². The van der Waals surface area contributed by atoms with E-state index in [4.69, 9.17) is 23.2 Å². The Labute approximate surface area is 122 Å². The molecule has 0 saturated carbocycles. The molecule has 0 fully saturated rings. The summed E-state index contributed by atoms with van der Waals surface area (Å²) in [6.07, 6.45) is 2.08. The van der Waals surface area contributed by atoms with Crippen LogP contribution in [0.1, 0.15) is 11.1 Å². The molecule has 0 radical (unpaired) electrons. The van der Waals surface area contributed by atoms with Gasteiger partial charge in [-0.15, -0.1) is 11.8 Å². The van der Waals surface area contributed by atoms with E-state index in [1.54, 1.807) is 11.8 Å². The molecule has 2 aromatic rings. The molecule has 0 aliphatic rings. The average Bonchev–Trinajstić information content (AvgIpc) is 2.39. The van der Waals surface area contributed by atoms with Crippen LogP contribution in [0.3, 0.4) is 0 Å². The van der Waals surface area contributed by atoms with Crippen molar-refractivity contribution in [1.29, 1.82) is 0 Å². The molecule has 0 N–H and O–H groups in total. The van der Waals surface area contributed by atoms with Gasteiger partial charge in [0.25, 0.3) is 0 Å². The third kappa shape index (κ3) is 4.41. The zero-order chi connectivity index (χ0) is 12.8. The Kier molecular flexibility index (Phi) is 5.18. The maximum Gasteiger partial charge on any atom is 0.0406 e. The second kappa shape index (κ2) is 6.89. The number of halogens is 2. The highest BCUT2D eigenvalue weighted by Gasteiger charge is 1.92. The molecule has 92 valence electrons. The van der Waals surface area contributed by atoms with Crippen LogP contribution in [-0.4, -0.2) is 0 Å². The average molecular weight is 295 g/mol. The topological polar surface area (TPSA) is 0 Å². The van der Waals surface area contributed by atoms with E-state index in [0.29, 0.717) is 0 Å². The van der Waals surface area contributed by atoms with Crippen LogP contribution in [0.15, 0.2) is 53.9 Å². The molecule has 0 atom stereocenters. The van der Waals surface area contributed by atoms with E-state index in [9.17, 15) is 0 Å². The summed E-state index contributed by atoms with van der Waals surface area (Å²) < 4.78 is 0. The molecule has 0 saturated heterocycles. The van der Waals surface area contributed by atoms with Gasteiger partial charge in [0.1, 0.15) is 0 Å². The first-order valence-corrected chi connectivity index (χ1v) is 7.33. The van der Waals surface area contributed by atoms with Crippen molar-refractivity contribution in [3.63, 3.8) is 0 Å². The van der Waals surface area contributed by atoms with Crippen LogP contribution in [0.4, 0.5) is 0 Å². The zero-order valence-corrected chi connectivity index (χ0v) is 12.0. The van der Waals surface area contributed by atoms with Gasteiger partial charge in [0, 0.05) is 15.8 Å². The molecule has 0 spiro atoms. The van der Waals surface area contributed by atoms with Gasteiger partial charge in [-0.05, 0) is 46.9 Å². The third-order valence-electron chi connectivity index (χ3n) is 2.39. The van der Waals surface area contributed by atoms with Crippen molar-refractivity contribution in [1.82, 2.24) is 0 Å². The first-order valence-electron chi connectivity index (χ1n) is 5.52. The van der Waals surface area contributed by atoms with Crippen LogP contribution in [0, 0.1) is 0 Å². The highest BCUT2D eigenvalue weighted by molar-refractivity contribution is 8.01. The summed E-state index contributed by atoms with van der Waals surface area (Å²) in [4.78, 5) is 0. The molecule has 0 unspecified atom stereocenters. The van der Waals surface area contributed by atoms with Crippen LogP contribution < -0.4 is 0 Å². The van der Waals surface area contributed by atoms with Crippen molar-refractivity contribution in [3.8, 4) is 0 Å². The number of rotatable bonds is 4. The molecule has 0 aromatic heterocycles. The molecule has 0 aliphatic carbocycles. The number of hydrogen-bond donors (Lipinski definition) is 0. The Hall–Kier alpha value is -0.890. The quantitative estimate of drug-likeness (QED) is 0.677. The predicted molar refractivity (Wildman–Crippen MR) is 83.2 cm³/mol. The monoisotopic (exact) mass is 294 g/mol. The molecule has 18 heavy (non-hydrogen) atoms. The Morgan fingerprint density at radius 1 is 0.833 bits per heavy atom. The van der Waals surface area contributed by atoms with E-state index in [2.05, 4.69) is 11.5 Å². The first kappa shape index (κ1) is 13.5. The van der Waals surface area contributed by atoms with Crippen LogP contribution in [-0.2, 0) is 5.75 Å². The SMILES string of the molecule is Clc1ccc(/C=C\SCc2ccc(Cl)cc2)cc1. The molecule has 0 amide bonds. The van der Waals surface area contributed by atoms with E-state index >= 15 is 0 Å². The van der Waals surface area contributed by atoms with Crippen molar-refractivity contribution >= 4 is 41.0 Å². The predicted octanol–water partition coefficient (Wildman–Crippen LogP) is 5.90. The van der Waals surface area contributed by atoms with Gasteiger partial charge in [-0.2, -0.15) is 0 Å². The third-order valence-corrected chi connectivity index (χ3v) is 3.72. The summed E-state index contributed by atoms with van der Waals surface area (Å²) >= 11 is 13.4. The van der Waals surface area contributed by atoms with Gasteiger partial charge in [-0.1, -0.05) is 47.5 Å². The maximum absolute atomic E-state index is 5.83. The van der Waals surface area contributed by atoms with Crippen LogP contribution in [0.5, 0.6) is 0 Å². The van der Waals surface area contributed by atoms with Crippen molar-refractivity contribution in [2.24, 2.45) is 0 Å². The number of hydrogen-bond acceptors (Lipinski definition) is 1. The number of benzene rings is 2. The van der Waals surface area contributed by atoms with Crippen LogP contribution >= 0.6 is 35.0 Å². The standard InChI is InChI=1S/C15H12Cl2S/c16-14-5-1-12(2-6-14)9-10-18-11-13-3-7-15(17)8-4-13/h1-10H,11H2/b10-9-.